The third kappa shape index (κ3) is 3.32. The molecule has 0 aliphatic carbocycles. The molecule has 0 saturated carbocycles. The van der Waals surface area contributed by atoms with Gasteiger partial charge >= 0.3 is 0 Å². The number of hydrogen-bond acceptors (Lipinski definition) is 4. The Balaban J connectivity index is 1.84. The molecular weight excluding hydrogens is 244 g/mol. The summed E-state index contributed by atoms with van der Waals surface area (Å²) < 4.78 is 5.45. The van der Waals surface area contributed by atoms with E-state index in [1.807, 2.05) is 6.07 Å². The fraction of sp³-hybridized carbons (Fsp3) is 0.357. The van der Waals surface area contributed by atoms with Gasteiger partial charge in [0.2, 0.25) is 11.8 Å². The van der Waals surface area contributed by atoms with E-state index < -0.39 is 0 Å². The standard InChI is InChI=1S/C14H14N2O3/c15-10-11-4-6-12(7-5-11)19-9-8-16-13(17)2-1-3-14(16)18/h4-7H,1-3,8-9H2. The molecule has 5 nitrogen and oxygen atoms in total. The smallest absolute Gasteiger partial charge is 0.229 e. The monoisotopic (exact) mass is 258 g/mol. The van der Waals surface area contributed by atoms with E-state index in [0.717, 1.165) is 0 Å². The van der Waals surface area contributed by atoms with Crippen LogP contribution < -0.4 is 4.74 Å². The van der Waals surface area contributed by atoms with Gasteiger partial charge in [-0.2, -0.15) is 5.26 Å². The summed E-state index contributed by atoms with van der Waals surface area (Å²) in [5.41, 5.74) is 0.564. The fourth-order valence-electron chi connectivity index (χ4n) is 1.93. The van der Waals surface area contributed by atoms with Gasteiger partial charge in [0.25, 0.3) is 0 Å². The largest absolute Gasteiger partial charge is 0.492 e. The normalized spacial score (nSPS) is 15.2. The van der Waals surface area contributed by atoms with Crippen LogP contribution in [-0.2, 0) is 9.59 Å². The Hall–Kier alpha value is -2.35. The van der Waals surface area contributed by atoms with Crippen molar-refractivity contribution < 1.29 is 14.3 Å². The maximum Gasteiger partial charge on any atom is 0.229 e. The zero-order valence-electron chi connectivity index (χ0n) is 10.5. The molecule has 0 unspecified atom stereocenters. The summed E-state index contributed by atoms with van der Waals surface area (Å²) in [5.74, 6) is 0.371. The van der Waals surface area contributed by atoms with Crippen molar-refractivity contribution in [3.8, 4) is 11.8 Å². The molecule has 19 heavy (non-hydrogen) atoms. The van der Waals surface area contributed by atoms with Crippen molar-refractivity contribution in [1.82, 2.24) is 4.90 Å². The van der Waals surface area contributed by atoms with Gasteiger partial charge in [0, 0.05) is 12.8 Å². The van der Waals surface area contributed by atoms with Crippen LogP contribution in [-0.4, -0.2) is 29.9 Å². The first-order valence-corrected chi connectivity index (χ1v) is 6.17. The van der Waals surface area contributed by atoms with E-state index in [1.54, 1.807) is 24.3 Å². The van der Waals surface area contributed by atoms with Gasteiger partial charge < -0.3 is 4.74 Å². The lowest BCUT2D eigenvalue weighted by Gasteiger charge is -2.24. The van der Waals surface area contributed by atoms with Crippen LogP contribution in [0.4, 0.5) is 0 Å². The molecule has 0 spiro atoms. The molecule has 0 aromatic heterocycles. The van der Waals surface area contributed by atoms with E-state index in [2.05, 4.69) is 0 Å². The first-order valence-electron chi connectivity index (χ1n) is 6.17. The first kappa shape index (κ1) is 13.1. The highest BCUT2D eigenvalue weighted by atomic mass is 16.5. The van der Waals surface area contributed by atoms with Crippen LogP contribution in [0.2, 0.25) is 0 Å². The van der Waals surface area contributed by atoms with Crippen LogP contribution in [0.3, 0.4) is 0 Å². The number of amides is 2. The van der Waals surface area contributed by atoms with Crippen LogP contribution in [0.25, 0.3) is 0 Å². The molecule has 1 aromatic rings. The number of hydrogen-bond donors (Lipinski definition) is 0. The number of carbonyl (C=O) groups is 2. The average Bonchev–Trinajstić information content (AvgIpc) is 2.43. The molecule has 0 N–H and O–H groups in total. The molecule has 1 aliphatic heterocycles. The molecule has 2 rings (SSSR count). The second-order valence-corrected chi connectivity index (χ2v) is 4.28. The number of piperidine rings is 1. The van der Waals surface area contributed by atoms with Gasteiger partial charge in [0.1, 0.15) is 12.4 Å². The lowest BCUT2D eigenvalue weighted by Crippen LogP contribution is -2.42. The van der Waals surface area contributed by atoms with Crippen molar-refractivity contribution >= 4 is 11.8 Å². The second-order valence-electron chi connectivity index (χ2n) is 4.28. The quantitative estimate of drug-likeness (QED) is 0.767. The minimum atomic E-state index is -0.125. The van der Waals surface area contributed by atoms with Gasteiger partial charge in [-0.05, 0) is 30.7 Å². The summed E-state index contributed by atoms with van der Waals surface area (Å²) in [6.07, 6.45) is 1.51. The SMILES string of the molecule is N#Cc1ccc(OCCN2C(=O)CCCC2=O)cc1. The van der Waals surface area contributed by atoms with E-state index in [0.29, 0.717) is 30.6 Å². The third-order valence-electron chi connectivity index (χ3n) is 2.95. The van der Waals surface area contributed by atoms with Crippen molar-refractivity contribution in [2.75, 3.05) is 13.2 Å². The van der Waals surface area contributed by atoms with Crippen molar-refractivity contribution in [3.05, 3.63) is 29.8 Å². The van der Waals surface area contributed by atoms with E-state index in [9.17, 15) is 9.59 Å². The second kappa shape index (κ2) is 6.01. The van der Waals surface area contributed by atoms with E-state index >= 15 is 0 Å². The summed E-state index contributed by atoms with van der Waals surface area (Å²) in [4.78, 5) is 24.3. The van der Waals surface area contributed by atoms with Crippen LogP contribution in [0.15, 0.2) is 24.3 Å². The Morgan fingerprint density at radius 1 is 1.16 bits per heavy atom. The van der Waals surface area contributed by atoms with E-state index in [1.165, 1.54) is 4.90 Å². The summed E-state index contributed by atoms with van der Waals surface area (Å²) >= 11 is 0. The van der Waals surface area contributed by atoms with Crippen molar-refractivity contribution in [3.63, 3.8) is 0 Å². The Bertz CT molecular complexity index is 500. The summed E-state index contributed by atoms with van der Waals surface area (Å²) in [5, 5.41) is 8.66. The van der Waals surface area contributed by atoms with Gasteiger partial charge in [0.05, 0.1) is 18.2 Å². The molecule has 2 amide bonds. The van der Waals surface area contributed by atoms with Crippen molar-refractivity contribution in [2.45, 2.75) is 19.3 Å². The summed E-state index contributed by atoms with van der Waals surface area (Å²) in [7, 11) is 0. The number of nitriles is 1. The highest BCUT2D eigenvalue weighted by Gasteiger charge is 2.25. The van der Waals surface area contributed by atoms with E-state index in [-0.39, 0.29) is 25.0 Å². The molecule has 98 valence electrons. The zero-order chi connectivity index (χ0) is 13.7. The fourth-order valence-corrected chi connectivity index (χ4v) is 1.93. The molecule has 1 aromatic carbocycles. The molecule has 0 bridgehead atoms. The van der Waals surface area contributed by atoms with Crippen molar-refractivity contribution in [1.29, 1.82) is 5.26 Å². The van der Waals surface area contributed by atoms with Gasteiger partial charge in [-0.25, -0.2) is 0 Å². The molecule has 1 aliphatic rings. The molecular formula is C14H14N2O3. The molecule has 1 saturated heterocycles. The number of imide groups is 1. The molecule has 5 heteroatoms. The number of nitrogens with zero attached hydrogens (tertiary/aromatic N) is 2. The lowest BCUT2D eigenvalue weighted by molar-refractivity contribution is -0.148. The highest BCUT2D eigenvalue weighted by molar-refractivity contribution is 5.97. The van der Waals surface area contributed by atoms with E-state index in [4.69, 9.17) is 10.00 Å². The van der Waals surface area contributed by atoms with Gasteiger partial charge in [-0.1, -0.05) is 0 Å². The Morgan fingerprint density at radius 3 is 2.37 bits per heavy atom. The topological polar surface area (TPSA) is 70.4 Å². The Labute approximate surface area is 111 Å². The summed E-state index contributed by atoms with van der Waals surface area (Å²) in [6.45, 7) is 0.543. The number of benzene rings is 1. The minimum absolute atomic E-state index is 0.125. The van der Waals surface area contributed by atoms with Gasteiger partial charge in [-0.3, -0.25) is 14.5 Å². The maximum atomic E-state index is 11.5. The lowest BCUT2D eigenvalue weighted by atomic mass is 10.1. The van der Waals surface area contributed by atoms with Crippen LogP contribution in [0.1, 0.15) is 24.8 Å². The predicted octanol–water partition coefficient (Wildman–Crippen LogP) is 1.48. The summed E-state index contributed by atoms with van der Waals surface area (Å²) in [6, 6.07) is 8.72. The molecule has 1 fully saturated rings. The van der Waals surface area contributed by atoms with Crippen LogP contribution >= 0.6 is 0 Å². The zero-order valence-corrected chi connectivity index (χ0v) is 10.5. The average molecular weight is 258 g/mol. The van der Waals surface area contributed by atoms with Crippen LogP contribution in [0, 0.1) is 11.3 Å². The molecule has 0 radical (unpaired) electrons. The number of rotatable bonds is 4. The molecule has 0 atom stereocenters. The van der Waals surface area contributed by atoms with Gasteiger partial charge in [0.15, 0.2) is 0 Å². The number of carbonyl (C=O) groups excluding carboxylic acids is 2. The van der Waals surface area contributed by atoms with Gasteiger partial charge in [-0.15, -0.1) is 0 Å². The first-order chi connectivity index (χ1) is 9.20. The Kier molecular flexibility index (Phi) is 4.14. The number of ether oxygens (including phenoxy) is 1. The minimum Gasteiger partial charge on any atom is -0.492 e. The third-order valence-corrected chi connectivity index (χ3v) is 2.95. The van der Waals surface area contributed by atoms with Crippen molar-refractivity contribution in [2.24, 2.45) is 0 Å². The number of likely N-dealkylation sites (tertiary alicyclic amines) is 1. The highest BCUT2D eigenvalue weighted by Crippen LogP contribution is 2.14. The molecule has 1 heterocycles. The predicted molar refractivity (Wildman–Crippen MR) is 67.2 cm³/mol. The maximum absolute atomic E-state index is 11.5. The van der Waals surface area contributed by atoms with Crippen LogP contribution in [0.5, 0.6) is 5.75 Å². The Morgan fingerprint density at radius 2 is 1.79 bits per heavy atom.